The van der Waals surface area contributed by atoms with Crippen LogP contribution in [0, 0.1) is 0 Å². The molecule has 2 spiro atoms. The van der Waals surface area contributed by atoms with Crippen molar-refractivity contribution in [1.82, 2.24) is 5.06 Å². The smallest absolute Gasteiger partial charge is 0.335 e. The zero-order valence-electron chi connectivity index (χ0n) is 40.2. The maximum Gasteiger partial charge on any atom is 0.335 e. The van der Waals surface area contributed by atoms with E-state index < -0.39 is 42.1 Å². The number of piperidine rings is 1. The number of hydrogen-bond donors (Lipinski definition) is 4. The Morgan fingerprint density at radius 2 is 1.12 bits per heavy atom. The van der Waals surface area contributed by atoms with Gasteiger partial charge in [0.05, 0.1) is 71.1 Å². The van der Waals surface area contributed by atoms with Gasteiger partial charge in [-0.2, -0.15) is 5.06 Å². The minimum atomic E-state index is -0.894. The molecule has 8 rings (SSSR count). The molecule has 16 nitrogen and oxygen atoms in total. The van der Waals surface area contributed by atoms with Crippen molar-refractivity contribution in [3.8, 4) is 11.1 Å². The monoisotopic (exact) mass is 934 g/mol. The second-order valence-electron chi connectivity index (χ2n) is 19.1. The summed E-state index contributed by atoms with van der Waals surface area (Å²) in [6, 6.07) is 16.7. The Bertz CT molecular complexity index is 1640. The van der Waals surface area contributed by atoms with Crippen LogP contribution in [0.25, 0.3) is 11.1 Å². The van der Waals surface area contributed by atoms with E-state index in [9.17, 15) is 20.2 Å². The molecule has 2 aliphatic carbocycles. The van der Waals surface area contributed by atoms with Gasteiger partial charge < -0.3 is 67.9 Å². The third-order valence-corrected chi connectivity index (χ3v) is 12.9. The first-order valence-corrected chi connectivity index (χ1v) is 23.9. The number of aliphatic hydroxyl groups excluding tert-OH is 2. The summed E-state index contributed by atoms with van der Waals surface area (Å²) in [6.45, 7) is 13.1. The van der Waals surface area contributed by atoms with Gasteiger partial charge in [-0.25, -0.2) is 4.79 Å². The fraction of sp³-hybridized carbons (Fsp3) is 0.740. The second-order valence-corrected chi connectivity index (χ2v) is 19.1. The molecule has 0 aromatic heterocycles. The van der Waals surface area contributed by atoms with E-state index in [-0.39, 0.29) is 23.3 Å². The largest absolute Gasteiger partial charge is 0.478 e. The first-order valence-electron chi connectivity index (χ1n) is 23.9. The van der Waals surface area contributed by atoms with Crippen LogP contribution in [0.1, 0.15) is 115 Å². The molecule has 66 heavy (non-hydrogen) atoms. The molecule has 0 bridgehead atoms. The number of rotatable bonds is 15. The molecule has 5 atom stereocenters. The molecule has 0 radical (unpaired) electrons. The van der Waals surface area contributed by atoms with Gasteiger partial charge in [0.15, 0.2) is 17.9 Å². The Balaban J connectivity index is 0.000000172. The molecule has 0 amide bonds. The van der Waals surface area contributed by atoms with Crippen LogP contribution in [0.2, 0.25) is 0 Å². The molecular formula is C50H79NO15. The van der Waals surface area contributed by atoms with Gasteiger partial charge in [-0.3, -0.25) is 0 Å². The number of carboxylic acid groups (broad SMARTS) is 1. The third kappa shape index (κ3) is 16.0. The van der Waals surface area contributed by atoms with Crippen LogP contribution in [-0.4, -0.2) is 165 Å². The van der Waals surface area contributed by atoms with Crippen molar-refractivity contribution in [3.63, 3.8) is 0 Å². The molecular weight excluding hydrogens is 855 g/mol. The topological polar surface area (TPSA) is 194 Å². The summed E-state index contributed by atoms with van der Waals surface area (Å²) < 4.78 is 55.9. The fourth-order valence-electron chi connectivity index (χ4n) is 9.57. The van der Waals surface area contributed by atoms with Gasteiger partial charge >= 0.3 is 5.97 Å². The number of nitrogens with zero attached hydrogens (tertiary/aromatic N) is 1. The maximum atomic E-state index is 10.8. The summed E-state index contributed by atoms with van der Waals surface area (Å²) in [7, 11) is 3.30. The average molecular weight is 934 g/mol. The quantitative estimate of drug-likeness (QED) is 0.133. The molecule has 4 N–H and O–H groups in total. The van der Waals surface area contributed by atoms with Crippen LogP contribution in [0.4, 0.5) is 0 Å². The number of aliphatic hydroxyl groups is 2. The standard InChI is InChI=1S/C18H28O6.C13H10O2.C10H22O5.C9H19NO2/c19-13-14(12-11-20-17(22-12)7-3-1-4-8-17)21-16-15(13)23-18(24-16)9-5-2-6-10-18;14-13(15)12-8-6-11(7-9-12)10-4-2-1-3-5-10;1-11-3-5-13-7-9-15-10-8-14-6-4-12-2;1-8(2)5-7(11)6-9(3,4)10(8)12/h12-16,19H,1-11H2;1-9H,(H,14,15);3-10H2,1-2H3;7,11-12H,5-6H2,1-4H3. The number of methoxy groups -OCH3 is 2. The van der Waals surface area contributed by atoms with Crippen molar-refractivity contribution in [2.24, 2.45) is 0 Å². The molecule has 4 heterocycles. The van der Waals surface area contributed by atoms with E-state index >= 15 is 0 Å². The lowest BCUT2D eigenvalue weighted by Crippen LogP contribution is -2.60. The Labute approximate surface area is 392 Å². The molecule has 2 aromatic carbocycles. The maximum absolute atomic E-state index is 10.8. The lowest BCUT2D eigenvalue weighted by molar-refractivity contribution is -0.259. The first-order chi connectivity index (χ1) is 31.6. The molecule has 374 valence electrons. The van der Waals surface area contributed by atoms with Gasteiger partial charge in [0, 0.05) is 51.0 Å². The van der Waals surface area contributed by atoms with Gasteiger partial charge in [0.1, 0.15) is 24.4 Å². The van der Waals surface area contributed by atoms with Crippen molar-refractivity contribution >= 4 is 5.97 Å². The number of hydroxylamine groups is 2. The highest BCUT2D eigenvalue weighted by molar-refractivity contribution is 5.88. The zero-order valence-corrected chi connectivity index (χ0v) is 40.2. The Morgan fingerprint density at radius 3 is 1.61 bits per heavy atom. The zero-order chi connectivity index (χ0) is 47.6. The van der Waals surface area contributed by atoms with Gasteiger partial charge in [-0.15, -0.1) is 0 Å². The molecule has 16 heteroatoms. The van der Waals surface area contributed by atoms with E-state index in [0.717, 1.165) is 62.5 Å². The van der Waals surface area contributed by atoms with Crippen molar-refractivity contribution in [2.45, 2.75) is 164 Å². The van der Waals surface area contributed by atoms with Gasteiger partial charge in [-0.05, 0) is 89.5 Å². The summed E-state index contributed by atoms with van der Waals surface area (Å²) in [6.07, 6.45) is 9.35. The van der Waals surface area contributed by atoms with Crippen molar-refractivity contribution in [3.05, 3.63) is 60.2 Å². The van der Waals surface area contributed by atoms with E-state index in [1.165, 1.54) is 17.9 Å². The van der Waals surface area contributed by atoms with E-state index in [0.29, 0.717) is 77.9 Å². The minimum Gasteiger partial charge on any atom is -0.478 e. The fourth-order valence-corrected chi connectivity index (χ4v) is 9.57. The molecule has 4 saturated heterocycles. The van der Waals surface area contributed by atoms with E-state index in [1.807, 2.05) is 70.2 Å². The summed E-state index contributed by atoms with van der Waals surface area (Å²) in [5.41, 5.74) is 1.80. The highest BCUT2D eigenvalue weighted by Crippen LogP contribution is 2.47. The van der Waals surface area contributed by atoms with Crippen molar-refractivity contribution < 1.29 is 72.7 Å². The predicted octanol–water partition coefficient (Wildman–Crippen LogP) is 6.99. The minimum absolute atomic E-state index is 0.238. The van der Waals surface area contributed by atoms with Crippen LogP contribution in [0.5, 0.6) is 0 Å². The van der Waals surface area contributed by atoms with Gasteiger partial charge in [0.25, 0.3) is 0 Å². The summed E-state index contributed by atoms with van der Waals surface area (Å²) in [4.78, 5) is 10.6. The number of fused-ring (bicyclic) bond motifs is 1. The van der Waals surface area contributed by atoms with Crippen LogP contribution in [0.15, 0.2) is 54.6 Å². The Kier molecular flexibility index (Phi) is 21.7. The van der Waals surface area contributed by atoms with E-state index in [4.69, 9.17) is 52.5 Å². The van der Waals surface area contributed by atoms with Crippen LogP contribution in [-0.2, 0) is 47.4 Å². The molecule has 2 aromatic rings. The van der Waals surface area contributed by atoms with E-state index in [2.05, 4.69) is 0 Å². The number of aromatic carboxylic acids is 1. The lowest BCUT2D eigenvalue weighted by Gasteiger charge is -2.50. The highest BCUT2D eigenvalue weighted by Gasteiger charge is 2.60. The van der Waals surface area contributed by atoms with Crippen molar-refractivity contribution in [1.29, 1.82) is 0 Å². The number of hydrogen-bond acceptors (Lipinski definition) is 15. The number of carboxylic acids is 1. The Hall–Kier alpha value is -2.65. The lowest BCUT2D eigenvalue weighted by atomic mass is 9.80. The normalized spacial score (nSPS) is 27.2. The van der Waals surface area contributed by atoms with Gasteiger partial charge in [0.2, 0.25) is 0 Å². The average Bonchev–Trinajstić information content (AvgIpc) is 3.96. The molecule has 6 fully saturated rings. The van der Waals surface area contributed by atoms with Crippen LogP contribution >= 0.6 is 0 Å². The second kappa shape index (κ2) is 26.4. The Morgan fingerprint density at radius 1 is 0.636 bits per heavy atom. The summed E-state index contributed by atoms with van der Waals surface area (Å²) >= 11 is 0. The van der Waals surface area contributed by atoms with Crippen molar-refractivity contribution in [2.75, 3.05) is 73.7 Å². The van der Waals surface area contributed by atoms with Crippen LogP contribution < -0.4 is 0 Å². The summed E-state index contributed by atoms with van der Waals surface area (Å²) in [5.74, 6) is -1.87. The highest BCUT2D eigenvalue weighted by atomic mass is 16.8. The third-order valence-electron chi connectivity index (χ3n) is 12.9. The van der Waals surface area contributed by atoms with Crippen LogP contribution in [0.3, 0.4) is 0 Å². The predicted molar refractivity (Wildman–Crippen MR) is 245 cm³/mol. The molecule has 5 unspecified atom stereocenters. The number of ether oxygens (including phenoxy) is 10. The van der Waals surface area contributed by atoms with E-state index in [1.54, 1.807) is 26.4 Å². The summed E-state index contributed by atoms with van der Waals surface area (Å²) in [5, 5.41) is 40.2. The first kappa shape index (κ1) is 54.3. The molecule has 4 aliphatic heterocycles. The van der Waals surface area contributed by atoms with Gasteiger partial charge in [-0.1, -0.05) is 55.3 Å². The number of carbonyl (C=O) groups is 1. The molecule has 2 saturated carbocycles. The number of benzene rings is 2. The SMILES string of the molecule is CC1(C)CC(O)CC(C)(C)N1O.COCCOCCOCCOCCOC.O=C(O)c1ccc(-c2ccccc2)cc1.OC1C(C2COC3(CCCCC3)O2)OC2OC3(CCCCC3)OC21. The molecule has 6 aliphatic rings.